The number of hydrogen-bond donors (Lipinski definition) is 2. The smallest absolute Gasteiger partial charge is 0.103 e. The third-order valence-electron chi connectivity index (χ3n) is 4.19. The normalized spacial score (nSPS) is 16.6. The van der Waals surface area contributed by atoms with Crippen LogP contribution in [-0.4, -0.2) is 36.2 Å². The first-order chi connectivity index (χ1) is 8.90. The quantitative estimate of drug-likeness (QED) is 0.794. The molecule has 0 spiro atoms. The standard InChI is InChI=1S/C16H28N2O/c1-13(2)14(3)18(4)11-10-16(19,12-17)15-8-6-5-7-9-15/h5-9,13-14,19H,10-12,17H2,1-4H3. The van der Waals surface area contributed by atoms with Gasteiger partial charge >= 0.3 is 0 Å². The van der Waals surface area contributed by atoms with Crippen LogP contribution in [0.3, 0.4) is 0 Å². The van der Waals surface area contributed by atoms with Gasteiger partial charge in [-0.2, -0.15) is 0 Å². The first kappa shape index (κ1) is 16.2. The minimum Gasteiger partial charge on any atom is -0.384 e. The molecule has 1 aromatic rings. The van der Waals surface area contributed by atoms with Gasteiger partial charge in [-0.3, -0.25) is 0 Å². The molecule has 1 aromatic carbocycles. The predicted octanol–water partition coefficient (Wildman–Crippen LogP) is 2.20. The molecule has 0 heterocycles. The van der Waals surface area contributed by atoms with Gasteiger partial charge in [-0.05, 0) is 31.9 Å². The number of nitrogens with zero attached hydrogens (tertiary/aromatic N) is 1. The lowest BCUT2D eigenvalue weighted by atomic mass is 9.90. The minimum absolute atomic E-state index is 0.251. The summed E-state index contributed by atoms with van der Waals surface area (Å²) in [5.74, 6) is 0.604. The highest BCUT2D eigenvalue weighted by Gasteiger charge is 2.28. The second kappa shape index (κ2) is 7.04. The van der Waals surface area contributed by atoms with Gasteiger partial charge < -0.3 is 15.7 Å². The molecular weight excluding hydrogens is 236 g/mol. The van der Waals surface area contributed by atoms with Crippen molar-refractivity contribution in [3.05, 3.63) is 35.9 Å². The lowest BCUT2D eigenvalue weighted by Gasteiger charge is -2.33. The highest BCUT2D eigenvalue weighted by atomic mass is 16.3. The lowest BCUT2D eigenvalue weighted by Crippen LogP contribution is -2.41. The van der Waals surface area contributed by atoms with Crippen molar-refractivity contribution in [2.24, 2.45) is 11.7 Å². The molecule has 0 bridgehead atoms. The number of benzene rings is 1. The average Bonchev–Trinajstić information content (AvgIpc) is 2.44. The van der Waals surface area contributed by atoms with Gasteiger partial charge in [-0.15, -0.1) is 0 Å². The van der Waals surface area contributed by atoms with Crippen molar-refractivity contribution in [3.8, 4) is 0 Å². The van der Waals surface area contributed by atoms with Crippen LogP contribution in [0.25, 0.3) is 0 Å². The number of aliphatic hydroxyl groups is 1. The Labute approximate surface area is 117 Å². The maximum Gasteiger partial charge on any atom is 0.103 e. The van der Waals surface area contributed by atoms with Crippen molar-refractivity contribution in [2.45, 2.75) is 38.8 Å². The average molecular weight is 264 g/mol. The van der Waals surface area contributed by atoms with Gasteiger partial charge in [0.25, 0.3) is 0 Å². The summed E-state index contributed by atoms with van der Waals surface area (Å²) in [7, 11) is 2.10. The summed E-state index contributed by atoms with van der Waals surface area (Å²) >= 11 is 0. The van der Waals surface area contributed by atoms with E-state index < -0.39 is 5.60 Å². The molecule has 0 saturated carbocycles. The predicted molar refractivity (Wildman–Crippen MR) is 80.9 cm³/mol. The van der Waals surface area contributed by atoms with Crippen LogP contribution in [0.1, 0.15) is 32.8 Å². The molecule has 19 heavy (non-hydrogen) atoms. The Kier molecular flexibility index (Phi) is 5.98. The van der Waals surface area contributed by atoms with E-state index in [1.54, 1.807) is 0 Å². The summed E-state index contributed by atoms with van der Waals surface area (Å²) in [6.45, 7) is 7.73. The maximum absolute atomic E-state index is 10.7. The Morgan fingerprint density at radius 1 is 1.21 bits per heavy atom. The van der Waals surface area contributed by atoms with Gasteiger partial charge in [-0.25, -0.2) is 0 Å². The van der Waals surface area contributed by atoms with Crippen LogP contribution in [0.15, 0.2) is 30.3 Å². The summed E-state index contributed by atoms with van der Waals surface area (Å²) in [6, 6.07) is 10.2. The van der Waals surface area contributed by atoms with Crippen molar-refractivity contribution >= 4 is 0 Å². The second-order valence-electron chi connectivity index (χ2n) is 5.82. The molecule has 0 aliphatic rings. The van der Waals surface area contributed by atoms with E-state index in [0.717, 1.165) is 12.1 Å². The van der Waals surface area contributed by atoms with Gasteiger partial charge in [0.15, 0.2) is 0 Å². The molecular formula is C16H28N2O. The summed E-state index contributed by atoms with van der Waals surface area (Å²) in [5.41, 5.74) is 5.77. The molecule has 3 heteroatoms. The number of nitrogens with two attached hydrogens (primary N) is 1. The third-order valence-corrected chi connectivity index (χ3v) is 4.19. The molecule has 3 N–H and O–H groups in total. The fraction of sp³-hybridized carbons (Fsp3) is 0.625. The monoisotopic (exact) mass is 264 g/mol. The Morgan fingerprint density at radius 3 is 2.26 bits per heavy atom. The van der Waals surface area contributed by atoms with Crippen molar-refractivity contribution < 1.29 is 5.11 Å². The van der Waals surface area contributed by atoms with Gasteiger partial charge in [0, 0.05) is 19.1 Å². The molecule has 0 saturated heterocycles. The SMILES string of the molecule is CC(C)C(C)N(C)CCC(O)(CN)c1ccccc1. The van der Waals surface area contributed by atoms with E-state index in [1.807, 2.05) is 30.3 Å². The van der Waals surface area contributed by atoms with Crippen molar-refractivity contribution in [1.82, 2.24) is 4.90 Å². The van der Waals surface area contributed by atoms with Crippen LogP contribution < -0.4 is 5.73 Å². The molecule has 0 amide bonds. The van der Waals surface area contributed by atoms with Gasteiger partial charge in [0.1, 0.15) is 5.60 Å². The largest absolute Gasteiger partial charge is 0.384 e. The first-order valence-corrected chi connectivity index (χ1v) is 7.09. The number of hydrogen-bond acceptors (Lipinski definition) is 3. The molecule has 0 aliphatic heterocycles. The van der Waals surface area contributed by atoms with Crippen LogP contribution in [0.5, 0.6) is 0 Å². The Morgan fingerprint density at radius 2 is 1.79 bits per heavy atom. The van der Waals surface area contributed by atoms with E-state index >= 15 is 0 Å². The Hall–Kier alpha value is -0.900. The van der Waals surface area contributed by atoms with E-state index in [1.165, 1.54) is 0 Å². The molecule has 0 aromatic heterocycles. The fourth-order valence-corrected chi connectivity index (χ4v) is 2.19. The van der Waals surface area contributed by atoms with E-state index in [-0.39, 0.29) is 6.54 Å². The van der Waals surface area contributed by atoms with Gasteiger partial charge in [0.2, 0.25) is 0 Å². The lowest BCUT2D eigenvalue weighted by molar-refractivity contribution is 0.0228. The molecule has 2 unspecified atom stereocenters. The van der Waals surface area contributed by atoms with Crippen molar-refractivity contribution in [2.75, 3.05) is 20.1 Å². The minimum atomic E-state index is -0.924. The highest BCUT2D eigenvalue weighted by Crippen LogP contribution is 2.24. The van der Waals surface area contributed by atoms with Crippen LogP contribution >= 0.6 is 0 Å². The second-order valence-corrected chi connectivity index (χ2v) is 5.82. The highest BCUT2D eigenvalue weighted by molar-refractivity contribution is 5.22. The zero-order valence-corrected chi connectivity index (χ0v) is 12.6. The van der Waals surface area contributed by atoms with Crippen LogP contribution in [-0.2, 0) is 5.60 Å². The van der Waals surface area contributed by atoms with E-state index in [0.29, 0.717) is 18.4 Å². The molecule has 1 rings (SSSR count). The zero-order valence-electron chi connectivity index (χ0n) is 12.6. The molecule has 2 atom stereocenters. The first-order valence-electron chi connectivity index (χ1n) is 7.09. The van der Waals surface area contributed by atoms with Gasteiger partial charge in [-0.1, -0.05) is 44.2 Å². The van der Waals surface area contributed by atoms with Gasteiger partial charge in [0.05, 0.1) is 0 Å². The zero-order chi connectivity index (χ0) is 14.5. The van der Waals surface area contributed by atoms with E-state index in [9.17, 15) is 5.11 Å². The maximum atomic E-state index is 10.7. The van der Waals surface area contributed by atoms with Crippen LogP contribution in [0, 0.1) is 5.92 Å². The van der Waals surface area contributed by atoms with Crippen molar-refractivity contribution in [1.29, 1.82) is 0 Å². The van der Waals surface area contributed by atoms with Crippen LogP contribution in [0.4, 0.5) is 0 Å². The summed E-state index contributed by atoms with van der Waals surface area (Å²) in [5, 5.41) is 10.7. The molecule has 0 fully saturated rings. The van der Waals surface area contributed by atoms with Crippen LogP contribution in [0.2, 0.25) is 0 Å². The molecule has 3 nitrogen and oxygen atoms in total. The third kappa shape index (κ3) is 4.30. The summed E-state index contributed by atoms with van der Waals surface area (Å²) in [4.78, 5) is 2.29. The number of rotatable bonds is 7. The Bertz CT molecular complexity index is 366. The fourth-order valence-electron chi connectivity index (χ4n) is 2.19. The molecule has 108 valence electrons. The Balaban J connectivity index is 2.67. The topological polar surface area (TPSA) is 49.5 Å². The summed E-state index contributed by atoms with van der Waals surface area (Å²) in [6.07, 6.45) is 0.654. The molecule has 0 radical (unpaired) electrons. The van der Waals surface area contributed by atoms with Crippen molar-refractivity contribution in [3.63, 3.8) is 0 Å². The summed E-state index contributed by atoms with van der Waals surface area (Å²) < 4.78 is 0. The van der Waals surface area contributed by atoms with E-state index in [2.05, 4.69) is 32.7 Å². The van der Waals surface area contributed by atoms with E-state index in [4.69, 9.17) is 5.73 Å². The molecule has 0 aliphatic carbocycles.